The van der Waals surface area contributed by atoms with Gasteiger partial charge in [0.25, 0.3) is 0 Å². The highest BCUT2D eigenvalue weighted by Gasteiger charge is 2.31. The first kappa shape index (κ1) is 14.3. The molecule has 0 aromatic heterocycles. The molecule has 1 fully saturated rings. The molecule has 2 nitrogen and oxygen atoms in total. The zero-order valence-corrected chi connectivity index (χ0v) is 12.5. The summed E-state index contributed by atoms with van der Waals surface area (Å²) in [6, 6.07) is 10.6. The van der Waals surface area contributed by atoms with E-state index in [2.05, 4.69) is 19.1 Å². The maximum Gasteiger partial charge on any atom is 0.132 e. The Morgan fingerprint density at radius 3 is 2.84 bits per heavy atom. The molecule has 0 bridgehead atoms. The lowest BCUT2D eigenvalue weighted by Gasteiger charge is -2.32. The topological polar surface area (TPSA) is 33.0 Å². The summed E-state index contributed by atoms with van der Waals surface area (Å²) in [7, 11) is 1.71. The van der Waals surface area contributed by atoms with Gasteiger partial charge < -0.3 is 4.74 Å². The average Bonchev–Trinajstić information content (AvgIpc) is 2.47. The van der Waals surface area contributed by atoms with Gasteiger partial charge in [0.1, 0.15) is 5.75 Å². The highest BCUT2D eigenvalue weighted by Crippen LogP contribution is 2.43. The van der Waals surface area contributed by atoms with E-state index in [1.165, 1.54) is 12.8 Å². The van der Waals surface area contributed by atoms with Crippen LogP contribution in [0.4, 0.5) is 0 Å². The van der Waals surface area contributed by atoms with Gasteiger partial charge in [0.05, 0.1) is 19.1 Å². The number of hydrogen-bond donors (Lipinski definition) is 0. The van der Waals surface area contributed by atoms with Gasteiger partial charge in [0, 0.05) is 10.1 Å². The standard InChI is InChI=1S/C16H21NOS/c1-3-12-8-9-13(11-17)16(10-12)19-15-7-5-4-6-14(15)18-2/h4-7,12-13,16H,3,8-10H2,1-2H3. The van der Waals surface area contributed by atoms with Crippen LogP contribution in [0.2, 0.25) is 0 Å². The first-order chi connectivity index (χ1) is 9.28. The average molecular weight is 275 g/mol. The lowest BCUT2D eigenvalue weighted by Crippen LogP contribution is -2.26. The van der Waals surface area contributed by atoms with Crippen molar-refractivity contribution < 1.29 is 4.74 Å². The van der Waals surface area contributed by atoms with E-state index < -0.39 is 0 Å². The number of ether oxygens (including phenoxy) is 1. The molecule has 1 saturated carbocycles. The molecule has 1 aromatic carbocycles. The Balaban J connectivity index is 2.12. The van der Waals surface area contributed by atoms with Gasteiger partial charge in [-0.3, -0.25) is 0 Å². The number of thioether (sulfide) groups is 1. The van der Waals surface area contributed by atoms with E-state index >= 15 is 0 Å². The smallest absolute Gasteiger partial charge is 0.132 e. The van der Waals surface area contributed by atoms with Crippen LogP contribution in [-0.4, -0.2) is 12.4 Å². The molecule has 0 saturated heterocycles. The molecule has 0 amide bonds. The fourth-order valence-electron chi connectivity index (χ4n) is 2.74. The van der Waals surface area contributed by atoms with Crippen molar-refractivity contribution in [2.24, 2.45) is 11.8 Å². The lowest BCUT2D eigenvalue weighted by molar-refractivity contribution is 0.317. The Hall–Kier alpha value is -1.14. The number of methoxy groups -OCH3 is 1. The highest BCUT2D eigenvalue weighted by atomic mass is 32.2. The molecule has 3 heteroatoms. The normalized spacial score (nSPS) is 26.7. The molecule has 0 radical (unpaired) electrons. The lowest BCUT2D eigenvalue weighted by atomic mass is 9.81. The van der Waals surface area contributed by atoms with Gasteiger partial charge in [-0.2, -0.15) is 5.26 Å². The summed E-state index contributed by atoms with van der Waals surface area (Å²) in [5, 5.41) is 9.73. The molecule has 1 aliphatic rings. The van der Waals surface area contributed by atoms with Crippen molar-refractivity contribution in [2.75, 3.05) is 7.11 Å². The van der Waals surface area contributed by atoms with Crippen molar-refractivity contribution in [1.82, 2.24) is 0 Å². The molecule has 0 heterocycles. The minimum absolute atomic E-state index is 0.178. The summed E-state index contributed by atoms with van der Waals surface area (Å²) in [4.78, 5) is 1.16. The second kappa shape index (κ2) is 6.86. The van der Waals surface area contributed by atoms with Crippen LogP contribution in [0.25, 0.3) is 0 Å². The maximum absolute atomic E-state index is 9.33. The molecule has 19 heavy (non-hydrogen) atoms. The predicted octanol–water partition coefficient (Wildman–Crippen LogP) is 4.51. The molecule has 1 aromatic rings. The van der Waals surface area contributed by atoms with Crippen molar-refractivity contribution in [2.45, 2.75) is 42.8 Å². The van der Waals surface area contributed by atoms with E-state index in [4.69, 9.17) is 4.74 Å². The molecule has 0 spiro atoms. The van der Waals surface area contributed by atoms with Crippen LogP contribution in [-0.2, 0) is 0 Å². The van der Waals surface area contributed by atoms with Crippen molar-refractivity contribution in [3.05, 3.63) is 24.3 Å². The van der Waals surface area contributed by atoms with Crippen molar-refractivity contribution in [3.8, 4) is 11.8 Å². The quantitative estimate of drug-likeness (QED) is 0.810. The number of benzene rings is 1. The number of nitrogens with zero attached hydrogens (tertiary/aromatic N) is 1. The van der Waals surface area contributed by atoms with Crippen LogP contribution in [0.3, 0.4) is 0 Å². The van der Waals surface area contributed by atoms with Gasteiger partial charge in [0.15, 0.2) is 0 Å². The third kappa shape index (κ3) is 3.45. The largest absolute Gasteiger partial charge is 0.496 e. The molecule has 3 atom stereocenters. The summed E-state index contributed by atoms with van der Waals surface area (Å²) >= 11 is 1.82. The van der Waals surface area contributed by atoms with Crippen molar-refractivity contribution in [3.63, 3.8) is 0 Å². The Morgan fingerprint density at radius 2 is 2.16 bits per heavy atom. The van der Waals surface area contributed by atoms with E-state index in [1.54, 1.807) is 7.11 Å². The van der Waals surface area contributed by atoms with E-state index in [1.807, 2.05) is 30.0 Å². The molecule has 102 valence electrons. The van der Waals surface area contributed by atoms with E-state index in [-0.39, 0.29) is 5.92 Å². The van der Waals surface area contributed by atoms with Crippen molar-refractivity contribution in [1.29, 1.82) is 5.26 Å². The highest BCUT2D eigenvalue weighted by molar-refractivity contribution is 8.00. The van der Waals surface area contributed by atoms with Gasteiger partial charge in [-0.05, 0) is 37.3 Å². The van der Waals surface area contributed by atoms with Crippen LogP contribution >= 0.6 is 11.8 Å². The predicted molar refractivity (Wildman–Crippen MR) is 79.4 cm³/mol. The zero-order valence-electron chi connectivity index (χ0n) is 11.6. The molecule has 0 N–H and O–H groups in total. The SMILES string of the molecule is CCC1CCC(C#N)C(Sc2ccccc2OC)C1. The number of para-hydroxylation sites is 1. The molecular formula is C16H21NOS. The van der Waals surface area contributed by atoms with Crippen LogP contribution in [0.5, 0.6) is 5.75 Å². The minimum Gasteiger partial charge on any atom is -0.496 e. The van der Waals surface area contributed by atoms with Gasteiger partial charge in [0.2, 0.25) is 0 Å². The van der Waals surface area contributed by atoms with Gasteiger partial charge in [-0.15, -0.1) is 11.8 Å². The fourth-order valence-corrected chi connectivity index (χ4v) is 4.22. The monoisotopic (exact) mass is 275 g/mol. The number of hydrogen-bond acceptors (Lipinski definition) is 3. The summed E-state index contributed by atoms with van der Waals surface area (Å²) in [6.45, 7) is 2.25. The first-order valence-electron chi connectivity index (χ1n) is 6.97. The van der Waals surface area contributed by atoms with E-state index in [0.717, 1.165) is 29.4 Å². The maximum atomic E-state index is 9.33. The number of rotatable bonds is 4. The van der Waals surface area contributed by atoms with Crippen LogP contribution in [0.1, 0.15) is 32.6 Å². The second-order valence-electron chi connectivity index (χ2n) is 5.13. The second-order valence-corrected chi connectivity index (χ2v) is 6.41. The van der Waals surface area contributed by atoms with Gasteiger partial charge >= 0.3 is 0 Å². The zero-order chi connectivity index (χ0) is 13.7. The van der Waals surface area contributed by atoms with Crippen LogP contribution < -0.4 is 4.74 Å². The Kier molecular flexibility index (Phi) is 5.15. The fraction of sp³-hybridized carbons (Fsp3) is 0.562. The third-order valence-corrected chi connectivity index (χ3v) is 5.41. The van der Waals surface area contributed by atoms with E-state index in [0.29, 0.717) is 5.25 Å². The van der Waals surface area contributed by atoms with Gasteiger partial charge in [-0.25, -0.2) is 0 Å². The molecule has 1 aliphatic carbocycles. The summed E-state index contributed by atoms with van der Waals surface area (Å²) in [6.07, 6.45) is 4.62. The first-order valence-corrected chi connectivity index (χ1v) is 7.85. The number of nitriles is 1. The Labute approximate surface area is 120 Å². The summed E-state index contributed by atoms with van der Waals surface area (Å²) < 4.78 is 5.41. The molecular weight excluding hydrogens is 254 g/mol. The summed E-state index contributed by atoms with van der Waals surface area (Å²) in [5.74, 6) is 1.87. The van der Waals surface area contributed by atoms with Crippen LogP contribution in [0, 0.1) is 23.2 Å². The van der Waals surface area contributed by atoms with E-state index in [9.17, 15) is 5.26 Å². The van der Waals surface area contributed by atoms with Gasteiger partial charge in [-0.1, -0.05) is 25.5 Å². The minimum atomic E-state index is 0.178. The van der Waals surface area contributed by atoms with Crippen molar-refractivity contribution >= 4 is 11.8 Å². The third-order valence-electron chi connectivity index (χ3n) is 3.99. The summed E-state index contributed by atoms with van der Waals surface area (Å²) in [5.41, 5.74) is 0. The molecule has 0 aliphatic heterocycles. The van der Waals surface area contributed by atoms with Crippen LogP contribution in [0.15, 0.2) is 29.2 Å². The Morgan fingerprint density at radius 1 is 1.37 bits per heavy atom. The Bertz CT molecular complexity index is 454. The molecule has 2 rings (SSSR count). The molecule has 3 unspecified atom stereocenters.